The van der Waals surface area contributed by atoms with E-state index in [1.54, 1.807) is 24.3 Å². The lowest BCUT2D eigenvalue weighted by Gasteiger charge is -2.22. The van der Waals surface area contributed by atoms with E-state index >= 15 is 0 Å². The van der Waals surface area contributed by atoms with Crippen molar-refractivity contribution in [3.63, 3.8) is 0 Å². The van der Waals surface area contributed by atoms with Gasteiger partial charge in [0, 0.05) is 21.8 Å². The third-order valence-electron chi connectivity index (χ3n) is 4.84. The number of thioether (sulfide) groups is 1. The topological polar surface area (TPSA) is 88.4 Å². The van der Waals surface area contributed by atoms with Crippen LogP contribution in [0.1, 0.15) is 22.0 Å². The van der Waals surface area contributed by atoms with Crippen molar-refractivity contribution in [2.45, 2.75) is 10.9 Å². The molecular formula is C21H15FN2O4S. The van der Waals surface area contributed by atoms with E-state index in [9.17, 15) is 19.2 Å². The van der Waals surface area contributed by atoms with Gasteiger partial charge >= 0.3 is 0 Å². The molecule has 0 spiro atoms. The van der Waals surface area contributed by atoms with Gasteiger partial charge in [-0.05, 0) is 48.0 Å². The third kappa shape index (κ3) is 3.39. The number of benzene rings is 2. The summed E-state index contributed by atoms with van der Waals surface area (Å²) in [7, 11) is 1.50. The minimum Gasteiger partial charge on any atom is -0.497 e. The second kappa shape index (κ2) is 7.70. The summed E-state index contributed by atoms with van der Waals surface area (Å²) < 4.78 is 18.7. The zero-order valence-corrected chi connectivity index (χ0v) is 16.1. The van der Waals surface area contributed by atoms with E-state index in [0.29, 0.717) is 22.6 Å². The molecule has 29 heavy (non-hydrogen) atoms. The van der Waals surface area contributed by atoms with Gasteiger partial charge in [-0.25, -0.2) is 4.39 Å². The summed E-state index contributed by atoms with van der Waals surface area (Å²) in [5, 5.41) is 9.51. The monoisotopic (exact) mass is 410 g/mol. The largest absolute Gasteiger partial charge is 0.497 e. The van der Waals surface area contributed by atoms with Crippen LogP contribution in [-0.4, -0.2) is 24.4 Å². The number of nitrogens with one attached hydrogen (secondary N) is 1. The first-order chi connectivity index (χ1) is 14.0. The van der Waals surface area contributed by atoms with Gasteiger partial charge in [0.05, 0.1) is 19.2 Å². The molecule has 2 aromatic carbocycles. The quantitative estimate of drug-likeness (QED) is 0.597. The molecule has 2 atom stereocenters. The number of fused-ring (bicyclic) bond motifs is 3. The predicted molar refractivity (Wildman–Crippen MR) is 103 cm³/mol. The van der Waals surface area contributed by atoms with E-state index < -0.39 is 29.3 Å². The Hall–Kier alpha value is -3.15. The van der Waals surface area contributed by atoms with Crippen LogP contribution in [0.3, 0.4) is 0 Å². The number of Topliss-reactive ketones (excluding diaryl/α,β-unsaturated/α-hetero) is 2. The fraction of sp³-hybridized carbons (Fsp3) is 0.190. The number of carbonyl (C=O) groups excluding carboxylic acids is 2. The summed E-state index contributed by atoms with van der Waals surface area (Å²) in [5.41, 5.74) is 4.22. The molecule has 0 bridgehead atoms. The van der Waals surface area contributed by atoms with Crippen LogP contribution in [0.4, 0.5) is 4.39 Å². The van der Waals surface area contributed by atoms with E-state index in [-0.39, 0.29) is 11.3 Å². The molecule has 2 aliphatic heterocycles. The van der Waals surface area contributed by atoms with Gasteiger partial charge in [0.25, 0.3) is 0 Å². The lowest BCUT2D eigenvalue weighted by atomic mass is 9.91. The number of hydrogen-bond acceptors (Lipinski definition) is 7. The molecule has 0 radical (unpaired) electrons. The Balaban J connectivity index is 1.63. The Morgan fingerprint density at radius 3 is 2.72 bits per heavy atom. The first-order valence-electron chi connectivity index (χ1n) is 8.73. The molecular weight excluding hydrogens is 395 g/mol. The molecule has 0 fully saturated rings. The van der Waals surface area contributed by atoms with Gasteiger partial charge in [-0.1, -0.05) is 0 Å². The normalized spacial score (nSPS) is 18.2. The van der Waals surface area contributed by atoms with Crippen LogP contribution in [-0.2, 0) is 9.63 Å². The summed E-state index contributed by atoms with van der Waals surface area (Å²) in [5.74, 6) is -2.31. The standard InChI is InChI=1S/C21H15FN2O4S/c1-27-13-5-2-11(3-6-13)19(25)15(9-23)20(26)21-16-10-29-17-7-4-12(22)8-14(17)18(16)24-28-21/h2-8,15,18,24H,10H2,1H3. The second-order valence-electron chi connectivity index (χ2n) is 6.50. The maximum Gasteiger partial charge on any atom is 0.225 e. The third-order valence-corrected chi connectivity index (χ3v) is 5.97. The van der Waals surface area contributed by atoms with Gasteiger partial charge < -0.3 is 9.57 Å². The first kappa shape index (κ1) is 19.2. The fourth-order valence-electron chi connectivity index (χ4n) is 3.32. The Morgan fingerprint density at radius 1 is 1.28 bits per heavy atom. The van der Waals surface area contributed by atoms with Crippen molar-refractivity contribution in [2.75, 3.05) is 12.9 Å². The summed E-state index contributed by atoms with van der Waals surface area (Å²) in [6.07, 6.45) is 0. The first-order valence-corrected chi connectivity index (χ1v) is 9.71. The van der Waals surface area contributed by atoms with Crippen molar-refractivity contribution in [3.05, 3.63) is 70.7 Å². The van der Waals surface area contributed by atoms with Crippen molar-refractivity contribution in [2.24, 2.45) is 5.92 Å². The number of halogens is 1. The SMILES string of the molecule is COc1ccc(C(=O)C(C#N)C(=O)C2=C3CSc4ccc(F)cc4C3NO2)cc1. The van der Waals surface area contributed by atoms with Crippen LogP contribution in [0, 0.1) is 23.1 Å². The minimum atomic E-state index is -1.54. The zero-order chi connectivity index (χ0) is 20.5. The van der Waals surface area contributed by atoms with Gasteiger partial charge in [-0.3, -0.25) is 9.59 Å². The number of rotatable bonds is 5. The Kier molecular flexibility index (Phi) is 5.09. The second-order valence-corrected chi connectivity index (χ2v) is 7.51. The van der Waals surface area contributed by atoms with Crippen molar-refractivity contribution >= 4 is 23.3 Å². The Morgan fingerprint density at radius 2 is 2.03 bits per heavy atom. The average Bonchev–Trinajstić information content (AvgIpc) is 3.18. The smallest absolute Gasteiger partial charge is 0.225 e. The number of allylic oxidation sites excluding steroid dienone is 1. The lowest BCUT2D eigenvalue weighted by Crippen LogP contribution is -2.25. The maximum absolute atomic E-state index is 13.7. The number of nitriles is 1. The molecule has 0 saturated carbocycles. The predicted octanol–water partition coefficient (Wildman–Crippen LogP) is 3.36. The Labute approximate surface area is 170 Å². The number of methoxy groups -OCH3 is 1. The molecule has 0 aromatic heterocycles. The van der Waals surface area contributed by atoms with Crippen LogP contribution < -0.4 is 10.2 Å². The molecule has 0 saturated heterocycles. The molecule has 2 aromatic rings. The van der Waals surface area contributed by atoms with Gasteiger partial charge in [0.1, 0.15) is 11.6 Å². The maximum atomic E-state index is 13.7. The highest BCUT2D eigenvalue weighted by atomic mass is 32.2. The molecule has 6 nitrogen and oxygen atoms in total. The highest BCUT2D eigenvalue weighted by Gasteiger charge is 2.41. The summed E-state index contributed by atoms with van der Waals surface area (Å²) in [6.45, 7) is 0. The van der Waals surface area contributed by atoms with Crippen molar-refractivity contribution < 1.29 is 23.6 Å². The molecule has 2 heterocycles. The highest BCUT2D eigenvalue weighted by Crippen LogP contribution is 2.44. The van der Waals surface area contributed by atoms with Gasteiger partial charge in [0.15, 0.2) is 17.5 Å². The van der Waals surface area contributed by atoms with E-state index in [1.165, 1.54) is 43.1 Å². The van der Waals surface area contributed by atoms with Gasteiger partial charge in [-0.15, -0.1) is 17.2 Å². The lowest BCUT2D eigenvalue weighted by molar-refractivity contribution is -0.120. The minimum absolute atomic E-state index is 0.0502. The molecule has 0 amide bonds. The molecule has 1 N–H and O–H groups in total. The summed E-state index contributed by atoms with van der Waals surface area (Å²) in [4.78, 5) is 32.0. The van der Waals surface area contributed by atoms with Crippen molar-refractivity contribution in [1.82, 2.24) is 5.48 Å². The van der Waals surface area contributed by atoms with Crippen LogP contribution in [0.5, 0.6) is 5.75 Å². The number of ketones is 2. The molecule has 2 aliphatic rings. The average molecular weight is 410 g/mol. The van der Waals surface area contributed by atoms with Crippen LogP contribution >= 0.6 is 11.8 Å². The molecule has 8 heteroatoms. The number of hydrogen-bond donors (Lipinski definition) is 1. The molecule has 4 rings (SSSR count). The van der Waals surface area contributed by atoms with Crippen LogP contribution in [0.25, 0.3) is 0 Å². The van der Waals surface area contributed by atoms with E-state index in [0.717, 1.165) is 4.90 Å². The molecule has 2 unspecified atom stereocenters. The van der Waals surface area contributed by atoms with Crippen LogP contribution in [0.2, 0.25) is 0 Å². The number of hydroxylamine groups is 1. The van der Waals surface area contributed by atoms with E-state index in [1.807, 2.05) is 0 Å². The van der Waals surface area contributed by atoms with E-state index in [2.05, 4.69) is 5.48 Å². The Bertz CT molecular complexity index is 1080. The summed E-state index contributed by atoms with van der Waals surface area (Å²) >= 11 is 1.44. The zero-order valence-electron chi connectivity index (χ0n) is 15.3. The molecule has 0 aliphatic carbocycles. The highest BCUT2D eigenvalue weighted by molar-refractivity contribution is 7.99. The summed E-state index contributed by atoms with van der Waals surface area (Å²) in [6, 6.07) is 11.9. The number of ether oxygens (including phenoxy) is 1. The van der Waals surface area contributed by atoms with E-state index in [4.69, 9.17) is 9.57 Å². The fourth-order valence-corrected chi connectivity index (χ4v) is 4.43. The van der Waals surface area contributed by atoms with Crippen molar-refractivity contribution in [3.8, 4) is 11.8 Å². The number of nitrogens with zero attached hydrogens (tertiary/aromatic N) is 1. The van der Waals surface area contributed by atoms with Crippen LogP contribution in [0.15, 0.2) is 58.7 Å². The van der Waals surface area contributed by atoms with Gasteiger partial charge in [0.2, 0.25) is 5.78 Å². The van der Waals surface area contributed by atoms with Gasteiger partial charge in [-0.2, -0.15) is 5.26 Å². The molecule has 146 valence electrons. The number of carbonyl (C=O) groups is 2. The van der Waals surface area contributed by atoms with Crippen molar-refractivity contribution in [1.29, 1.82) is 5.26 Å².